The van der Waals surface area contributed by atoms with Crippen LogP contribution < -0.4 is 0 Å². The van der Waals surface area contributed by atoms with Gasteiger partial charge in [0.15, 0.2) is 0 Å². The summed E-state index contributed by atoms with van der Waals surface area (Å²) in [6, 6.07) is 0. The summed E-state index contributed by atoms with van der Waals surface area (Å²) in [5.74, 6) is 0.883. The minimum atomic E-state index is 0.602. The van der Waals surface area contributed by atoms with E-state index >= 15 is 0 Å². The molecule has 0 N–H and O–H groups in total. The highest BCUT2D eigenvalue weighted by atomic mass is 32.1. The van der Waals surface area contributed by atoms with Gasteiger partial charge in [-0.05, 0) is 30.6 Å². The molecule has 1 aliphatic rings. The van der Waals surface area contributed by atoms with Crippen LogP contribution in [0.5, 0.6) is 0 Å². The predicted octanol–water partition coefficient (Wildman–Crippen LogP) is 3.91. The van der Waals surface area contributed by atoms with Gasteiger partial charge in [0.2, 0.25) is 0 Å². The van der Waals surface area contributed by atoms with Crippen LogP contribution in [0.1, 0.15) is 52.9 Å². The molecular formula is C11H22S. The van der Waals surface area contributed by atoms with Crippen molar-refractivity contribution in [2.24, 2.45) is 11.3 Å². The van der Waals surface area contributed by atoms with Crippen LogP contribution in [-0.2, 0) is 0 Å². The molecule has 0 heterocycles. The summed E-state index contributed by atoms with van der Waals surface area (Å²) in [4.78, 5) is 0. The highest BCUT2D eigenvalue weighted by Crippen LogP contribution is 2.48. The second-order valence-electron chi connectivity index (χ2n) is 4.45. The van der Waals surface area contributed by atoms with Gasteiger partial charge >= 0.3 is 0 Å². The SMILES string of the molecule is CCC1(CC)CCC(C(C)S)C1. The van der Waals surface area contributed by atoms with Gasteiger partial charge in [0.25, 0.3) is 0 Å². The van der Waals surface area contributed by atoms with Gasteiger partial charge in [-0.1, -0.05) is 33.6 Å². The van der Waals surface area contributed by atoms with Crippen molar-refractivity contribution in [3.8, 4) is 0 Å². The zero-order valence-electron chi connectivity index (χ0n) is 8.64. The zero-order valence-corrected chi connectivity index (χ0v) is 9.53. The third-order valence-corrected chi connectivity index (χ3v) is 4.34. The lowest BCUT2D eigenvalue weighted by atomic mass is 9.80. The van der Waals surface area contributed by atoms with E-state index in [4.69, 9.17) is 0 Å². The Bertz CT molecular complexity index is 136. The average molecular weight is 186 g/mol. The van der Waals surface area contributed by atoms with Gasteiger partial charge in [-0.15, -0.1) is 0 Å². The Balaban J connectivity index is 2.52. The summed E-state index contributed by atoms with van der Waals surface area (Å²) in [6.45, 7) is 6.93. The largest absolute Gasteiger partial charge is 0.176 e. The van der Waals surface area contributed by atoms with Gasteiger partial charge in [0, 0.05) is 5.25 Å². The van der Waals surface area contributed by atoms with Crippen molar-refractivity contribution >= 4 is 12.6 Å². The summed E-state index contributed by atoms with van der Waals surface area (Å²) in [5, 5.41) is 0.602. The van der Waals surface area contributed by atoms with E-state index in [-0.39, 0.29) is 0 Å². The van der Waals surface area contributed by atoms with E-state index < -0.39 is 0 Å². The van der Waals surface area contributed by atoms with Crippen LogP contribution in [0.4, 0.5) is 0 Å². The first-order valence-corrected chi connectivity index (χ1v) is 5.83. The predicted molar refractivity (Wildman–Crippen MR) is 58.8 cm³/mol. The van der Waals surface area contributed by atoms with Crippen molar-refractivity contribution in [1.29, 1.82) is 0 Å². The molecule has 2 atom stereocenters. The highest BCUT2D eigenvalue weighted by Gasteiger charge is 2.37. The minimum Gasteiger partial charge on any atom is -0.176 e. The Labute approximate surface area is 82.5 Å². The van der Waals surface area contributed by atoms with Gasteiger partial charge in [-0.3, -0.25) is 0 Å². The molecule has 1 fully saturated rings. The van der Waals surface area contributed by atoms with Crippen molar-refractivity contribution < 1.29 is 0 Å². The van der Waals surface area contributed by atoms with Crippen LogP contribution in [-0.4, -0.2) is 5.25 Å². The second-order valence-corrected chi connectivity index (χ2v) is 5.27. The van der Waals surface area contributed by atoms with Crippen molar-refractivity contribution in [3.63, 3.8) is 0 Å². The van der Waals surface area contributed by atoms with Crippen molar-refractivity contribution in [1.82, 2.24) is 0 Å². The summed E-state index contributed by atoms with van der Waals surface area (Å²) in [6.07, 6.45) is 6.99. The van der Waals surface area contributed by atoms with E-state index in [0.29, 0.717) is 10.7 Å². The smallest absolute Gasteiger partial charge is 0.00169 e. The quantitative estimate of drug-likeness (QED) is 0.635. The first-order chi connectivity index (χ1) is 5.63. The molecule has 1 rings (SSSR count). The van der Waals surface area contributed by atoms with Crippen LogP contribution in [0.15, 0.2) is 0 Å². The molecule has 0 radical (unpaired) electrons. The molecule has 0 amide bonds. The normalized spacial score (nSPS) is 30.5. The number of rotatable bonds is 3. The Morgan fingerprint density at radius 2 is 2.00 bits per heavy atom. The molecule has 2 unspecified atom stereocenters. The summed E-state index contributed by atoms with van der Waals surface area (Å²) < 4.78 is 0. The second kappa shape index (κ2) is 4.04. The molecule has 1 aliphatic carbocycles. The monoisotopic (exact) mass is 186 g/mol. The maximum Gasteiger partial charge on any atom is 0.00169 e. The number of thiol groups is 1. The van der Waals surface area contributed by atoms with E-state index in [1.165, 1.54) is 32.1 Å². The lowest BCUT2D eigenvalue weighted by Gasteiger charge is -2.26. The average Bonchev–Trinajstić information content (AvgIpc) is 2.49. The molecule has 72 valence electrons. The molecular weight excluding hydrogens is 164 g/mol. The van der Waals surface area contributed by atoms with Gasteiger partial charge in [0.1, 0.15) is 0 Å². The fourth-order valence-electron chi connectivity index (χ4n) is 2.56. The maximum absolute atomic E-state index is 4.55. The third-order valence-electron chi connectivity index (χ3n) is 3.92. The summed E-state index contributed by atoms with van der Waals surface area (Å²) >= 11 is 4.55. The fraction of sp³-hybridized carbons (Fsp3) is 1.00. The molecule has 0 saturated heterocycles. The Morgan fingerprint density at radius 3 is 2.25 bits per heavy atom. The van der Waals surface area contributed by atoms with Crippen molar-refractivity contribution in [2.45, 2.75) is 58.1 Å². The van der Waals surface area contributed by atoms with Crippen molar-refractivity contribution in [2.75, 3.05) is 0 Å². The molecule has 0 aromatic rings. The molecule has 0 nitrogen and oxygen atoms in total. The molecule has 0 spiro atoms. The molecule has 0 aromatic carbocycles. The first kappa shape index (κ1) is 10.4. The Hall–Kier alpha value is 0.350. The topological polar surface area (TPSA) is 0 Å². The fourth-order valence-corrected chi connectivity index (χ4v) is 2.81. The Morgan fingerprint density at radius 1 is 1.42 bits per heavy atom. The standard InChI is InChI=1S/C11H22S/c1-4-11(5-2)7-6-10(8-11)9(3)12/h9-10,12H,4-8H2,1-3H3. The van der Waals surface area contributed by atoms with Gasteiger partial charge in [-0.2, -0.15) is 12.6 Å². The van der Waals surface area contributed by atoms with Crippen molar-refractivity contribution in [3.05, 3.63) is 0 Å². The highest BCUT2D eigenvalue weighted by molar-refractivity contribution is 7.80. The van der Waals surface area contributed by atoms with Gasteiger partial charge in [0.05, 0.1) is 0 Å². The molecule has 12 heavy (non-hydrogen) atoms. The van der Waals surface area contributed by atoms with E-state index in [9.17, 15) is 0 Å². The number of hydrogen-bond acceptors (Lipinski definition) is 1. The van der Waals surface area contributed by atoms with E-state index in [1.54, 1.807) is 0 Å². The van der Waals surface area contributed by atoms with E-state index in [0.717, 1.165) is 5.92 Å². The van der Waals surface area contributed by atoms with Gasteiger partial charge in [-0.25, -0.2) is 0 Å². The third kappa shape index (κ3) is 1.99. The van der Waals surface area contributed by atoms with Gasteiger partial charge < -0.3 is 0 Å². The van der Waals surface area contributed by atoms with Crippen LogP contribution >= 0.6 is 12.6 Å². The molecule has 1 saturated carbocycles. The lowest BCUT2D eigenvalue weighted by Crippen LogP contribution is -2.16. The lowest BCUT2D eigenvalue weighted by molar-refractivity contribution is 0.260. The molecule has 1 heteroatoms. The van der Waals surface area contributed by atoms with Crippen LogP contribution in [0, 0.1) is 11.3 Å². The Kier molecular flexibility index (Phi) is 3.51. The maximum atomic E-state index is 4.55. The van der Waals surface area contributed by atoms with Crippen LogP contribution in [0.25, 0.3) is 0 Å². The molecule has 0 aromatic heterocycles. The first-order valence-electron chi connectivity index (χ1n) is 5.31. The van der Waals surface area contributed by atoms with E-state index in [2.05, 4.69) is 33.4 Å². The minimum absolute atomic E-state index is 0.602. The molecule has 0 bridgehead atoms. The molecule has 0 aliphatic heterocycles. The van der Waals surface area contributed by atoms with E-state index in [1.807, 2.05) is 0 Å². The zero-order chi connectivity index (χ0) is 9.19. The van der Waals surface area contributed by atoms with Crippen LogP contribution in [0.2, 0.25) is 0 Å². The summed E-state index contributed by atoms with van der Waals surface area (Å²) in [7, 11) is 0. The number of hydrogen-bond donors (Lipinski definition) is 1. The summed E-state index contributed by atoms with van der Waals surface area (Å²) in [5.41, 5.74) is 0.682. The van der Waals surface area contributed by atoms with Crippen LogP contribution in [0.3, 0.4) is 0 Å².